The van der Waals surface area contributed by atoms with Crippen LogP contribution in [0.2, 0.25) is 0 Å². The Morgan fingerprint density at radius 2 is 2.24 bits per heavy atom. The highest BCUT2D eigenvalue weighted by molar-refractivity contribution is 5.89. The van der Waals surface area contributed by atoms with Gasteiger partial charge in [0.2, 0.25) is 0 Å². The number of rotatable bonds is 5. The molecule has 2 aliphatic rings. The number of piperidine rings is 1. The summed E-state index contributed by atoms with van der Waals surface area (Å²) in [5.74, 6) is 1.97. The monoisotopic (exact) mass is 395 g/mol. The highest BCUT2D eigenvalue weighted by Gasteiger charge is 2.24. The fourth-order valence-corrected chi connectivity index (χ4v) is 4.22. The second kappa shape index (κ2) is 9.16. The van der Waals surface area contributed by atoms with Crippen LogP contribution in [0.5, 0.6) is 5.75 Å². The van der Waals surface area contributed by atoms with E-state index in [2.05, 4.69) is 41.7 Å². The minimum Gasteiger partial charge on any atom is -0.493 e. The van der Waals surface area contributed by atoms with E-state index in [0.29, 0.717) is 30.6 Å². The quantitative estimate of drug-likeness (QED) is 0.755. The van der Waals surface area contributed by atoms with Gasteiger partial charge >= 0.3 is 6.03 Å². The van der Waals surface area contributed by atoms with Gasteiger partial charge in [0, 0.05) is 13.1 Å². The molecule has 154 valence electrons. The third kappa shape index (κ3) is 5.19. The predicted molar refractivity (Wildman–Crippen MR) is 113 cm³/mol. The summed E-state index contributed by atoms with van der Waals surface area (Å²) in [5.41, 5.74) is 3.11. The summed E-state index contributed by atoms with van der Waals surface area (Å²) in [6.07, 6.45) is 11.3. The van der Waals surface area contributed by atoms with Gasteiger partial charge in [-0.1, -0.05) is 48.7 Å². The number of carbonyl (C=O) groups excluding carboxylic acids is 1. The minimum atomic E-state index is -0.110. The van der Waals surface area contributed by atoms with Crippen LogP contribution in [-0.4, -0.2) is 35.8 Å². The maximum atomic E-state index is 12.4. The topological polar surface area (TPSA) is 67.6 Å². The van der Waals surface area contributed by atoms with Crippen LogP contribution in [0.4, 0.5) is 10.5 Å². The first-order valence-corrected chi connectivity index (χ1v) is 10.6. The molecule has 1 aliphatic carbocycles. The Kier molecular flexibility index (Phi) is 6.17. The van der Waals surface area contributed by atoms with Crippen LogP contribution >= 0.6 is 0 Å². The maximum Gasteiger partial charge on any atom is 0.322 e. The molecule has 1 saturated heterocycles. The zero-order valence-electron chi connectivity index (χ0n) is 17.0. The highest BCUT2D eigenvalue weighted by Crippen LogP contribution is 2.28. The Bertz CT molecular complexity index is 841. The lowest BCUT2D eigenvalue weighted by molar-refractivity contribution is 0.198. The molecule has 4 rings (SSSR count). The molecule has 1 saturated carbocycles. The third-order valence-electron chi connectivity index (χ3n) is 5.94. The molecule has 1 N–H and O–H groups in total. The lowest BCUT2D eigenvalue weighted by atomic mass is 9.91. The SMILES string of the molecule is CC1CN(C(=O)Nc2cnoc2)CC/C1=C\c1cccc(OCC2CCCC2)c1. The number of benzene rings is 1. The highest BCUT2D eigenvalue weighted by atomic mass is 16.5. The van der Waals surface area contributed by atoms with E-state index in [4.69, 9.17) is 9.26 Å². The van der Waals surface area contributed by atoms with Crippen LogP contribution in [-0.2, 0) is 0 Å². The lowest BCUT2D eigenvalue weighted by Crippen LogP contribution is -2.42. The summed E-state index contributed by atoms with van der Waals surface area (Å²) in [4.78, 5) is 14.3. The van der Waals surface area contributed by atoms with Gasteiger partial charge in [-0.3, -0.25) is 0 Å². The molecule has 2 aromatic rings. The largest absolute Gasteiger partial charge is 0.493 e. The first-order valence-electron chi connectivity index (χ1n) is 10.6. The van der Waals surface area contributed by atoms with Crippen molar-refractivity contribution in [3.05, 3.63) is 47.9 Å². The van der Waals surface area contributed by atoms with Crippen molar-refractivity contribution in [3.8, 4) is 5.75 Å². The molecule has 0 radical (unpaired) electrons. The van der Waals surface area contributed by atoms with E-state index in [1.54, 1.807) is 0 Å². The first kappa shape index (κ1) is 19.6. The number of amides is 2. The fraction of sp³-hybridized carbons (Fsp3) is 0.478. The predicted octanol–water partition coefficient (Wildman–Crippen LogP) is 5.20. The number of ether oxygens (including phenoxy) is 1. The molecule has 6 heteroatoms. The van der Waals surface area contributed by atoms with Crippen molar-refractivity contribution in [2.45, 2.75) is 39.0 Å². The number of hydrogen-bond donors (Lipinski definition) is 1. The summed E-state index contributed by atoms with van der Waals surface area (Å²) in [6, 6.07) is 8.23. The molecule has 1 unspecified atom stereocenters. The number of urea groups is 1. The number of hydrogen-bond acceptors (Lipinski definition) is 4. The molecule has 2 amide bonds. The number of nitrogens with one attached hydrogen (secondary N) is 1. The summed E-state index contributed by atoms with van der Waals surface area (Å²) in [6.45, 7) is 4.39. The van der Waals surface area contributed by atoms with Gasteiger partial charge in [-0.25, -0.2) is 4.79 Å². The van der Waals surface area contributed by atoms with Crippen molar-refractivity contribution in [2.24, 2.45) is 11.8 Å². The van der Waals surface area contributed by atoms with Gasteiger partial charge in [-0.05, 0) is 48.8 Å². The standard InChI is InChI=1S/C23H29N3O3/c1-17-14-26(23(27)25-21-13-24-29-16-21)10-9-20(17)11-19-7-4-8-22(12-19)28-15-18-5-2-3-6-18/h4,7-8,11-13,16-18H,2-3,5-6,9-10,14-15H2,1H3,(H,25,27)/b20-11+. The van der Waals surface area contributed by atoms with E-state index < -0.39 is 0 Å². The molecule has 1 atom stereocenters. The first-order chi connectivity index (χ1) is 14.2. The van der Waals surface area contributed by atoms with Gasteiger partial charge < -0.3 is 19.5 Å². The molecule has 0 spiro atoms. The van der Waals surface area contributed by atoms with Gasteiger partial charge in [0.1, 0.15) is 17.7 Å². The van der Waals surface area contributed by atoms with Crippen LogP contribution in [0.15, 0.2) is 46.8 Å². The number of carbonyl (C=O) groups is 1. The molecule has 1 aliphatic heterocycles. The average molecular weight is 396 g/mol. The second-order valence-electron chi connectivity index (χ2n) is 8.19. The summed E-state index contributed by atoms with van der Waals surface area (Å²) in [7, 11) is 0. The molecule has 1 aromatic carbocycles. The van der Waals surface area contributed by atoms with Crippen LogP contribution < -0.4 is 10.1 Å². The smallest absolute Gasteiger partial charge is 0.322 e. The minimum absolute atomic E-state index is 0.110. The van der Waals surface area contributed by atoms with Gasteiger partial charge in [0.05, 0.1) is 12.8 Å². The third-order valence-corrected chi connectivity index (χ3v) is 5.94. The second-order valence-corrected chi connectivity index (χ2v) is 8.19. The number of likely N-dealkylation sites (tertiary alicyclic amines) is 1. The molecule has 29 heavy (non-hydrogen) atoms. The van der Waals surface area contributed by atoms with Gasteiger partial charge in [0.25, 0.3) is 0 Å². The van der Waals surface area contributed by atoms with Crippen LogP contribution in [0.1, 0.15) is 44.6 Å². The van der Waals surface area contributed by atoms with Crippen molar-refractivity contribution < 1.29 is 14.1 Å². The summed E-state index contributed by atoms with van der Waals surface area (Å²) in [5, 5.41) is 6.43. The van der Waals surface area contributed by atoms with Gasteiger partial charge in [-0.15, -0.1) is 0 Å². The Balaban J connectivity index is 1.34. The Hall–Kier alpha value is -2.76. The van der Waals surface area contributed by atoms with Crippen molar-refractivity contribution in [2.75, 3.05) is 25.0 Å². The Morgan fingerprint density at radius 1 is 1.38 bits per heavy atom. The van der Waals surface area contributed by atoms with Crippen LogP contribution in [0, 0.1) is 11.8 Å². The zero-order valence-corrected chi connectivity index (χ0v) is 17.0. The van der Waals surface area contributed by atoms with E-state index in [-0.39, 0.29) is 6.03 Å². The molecule has 6 nitrogen and oxygen atoms in total. The van der Waals surface area contributed by atoms with Crippen molar-refractivity contribution >= 4 is 17.8 Å². The molecule has 2 fully saturated rings. The Labute approximate surface area is 171 Å². The number of nitrogens with zero attached hydrogens (tertiary/aromatic N) is 2. The van der Waals surface area contributed by atoms with E-state index in [1.165, 1.54) is 43.7 Å². The van der Waals surface area contributed by atoms with Gasteiger partial charge in [0.15, 0.2) is 0 Å². The molecule has 0 bridgehead atoms. The Morgan fingerprint density at radius 3 is 3.00 bits per heavy atom. The van der Waals surface area contributed by atoms with Crippen LogP contribution in [0.25, 0.3) is 6.08 Å². The molecule has 1 aromatic heterocycles. The lowest BCUT2D eigenvalue weighted by Gasteiger charge is -2.33. The fourth-order valence-electron chi connectivity index (χ4n) is 4.22. The van der Waals surface area contributed by atoms with E-state index in [1.807, 2.05) is 11.0 Å². The van der Waals surface area contributed by atoms with Crippen LogP contribution in [0.3, 0.4) is 0 Å². The van der Waals surface area contributed by atoms with Crippen molar-refractivity contribution in [1.29, 1.82) is 0 Å². The average Bonchev–Trinajstić information content (AvgIpc) is 3.42. The van der Waals surface area contributed by atoms with Gasteiger partial charge in [-0.2, -0.15) is 0 Å². The normalized spacial score (nSPS) is 21.5. The molecule has 2 heterocycles. The molecular formula is C23H29N3O3. The van der Waals surface area contributed by atoms with E-state index in [0.717, 1.165) is 24.3 Å². The maximum absolute atomic E-state index is 12.4. The molecular weight excluding hydrogens is 366 g/mol. The summed E-state index contributed by atoms with van der Waals surface area (Å²) < 4.78 is 10.8. The number of anilines is 1. The van der Waals surface area contributed by atoms with Crippen molar-refractivity contribution in [3.63, 3.8) is 0 Å². The number of aromatic nitrogens is 1. The van der Waals surface area contributed by atoms with E-state index >= 15 is 0 Å². The summed E-state index contributed by atoms with van der Waals surface area (Å²) >= 11 is 0. The van der Waals surface area contributed by atoms with E-state index in [9.17, 15) is 4.79 Å². The van der Waals surface area contributed by atoms with Crippen molar-refractivity contribution in [1.82, 2.24) is 10.1 Å². The zero-order chi connectivity index (χ0) is 20.1.